The van der Waals surface area contributed by atoms with Crippen molar-refractivity contribution in [3.63, 3.8) is 0 Å². The number of nitrogens with zero attached hydrogens (tertiary/aromatic N) is 2. The van der Waals surface area contributed by atoms with Crippen LogP contribution in [0.25, 0.3) is 16.6 Å². The van der Waals surface area contributed by atoms with Crippen LogP contribution in [-0.2, 0) is 0 Å². The maximum absolute atomic E-state index is 13.8. The summed E-state index contributed by atoms with van der Waals surface area (Å²) < 4.78 is 39.9. The number of anilines is 1. The number of rotatable bonds is 6. The van der Waals surface area contributed by atoms with E-state index in [1.54, 1.807) is 61.1 Å². The molecule has 0 saturated heterocycles. The highest BCUT2D eigenvalue weighted by Crippen LogP contribution is 2.25. The Balaban J connectivity index is 1.94. The molecule has 3 aromatic carbocycles. The molecule has 6 nitrogen and oxygen atoms in total. The van der Waals surface area contributed by atoms with Gasteiger partial charge in [0.05, 0.1) is 19.7 Å². The molecule has 174 valence electrons. The van der Waals surface area contributed by atoms with E-state index in [1.807, 2.05) is 0 Å². The van der Waals surface area contributed by atoms with Gasteiger partial charge in [0.15, 0.2) is 0 Å². The number of amides is 1. The fourth-order valence-corrected chi connectivity index (χ4v) is 3.82. The summed E-state index contributed by atoms with van der Waals surface area (Å²) in [7, 11) is 3.08. The number of carbonyl (C=O) groups is 1. The molecule has 0 atom stereocenters. The maximum Gasteiger partial charge on any atom is 0.263 e. The third-order valence-electron chi connectivity index (χ3n) is 5.51. The van der Waals surface area contributed by atoms with E-state index in [0.717, 1.165) is 23.1 Å². The van der Waals surface area contributed by atoms with E-state index < -0.39 is 23.0 Å². The molecule has 1 amide bonds. The van der Waals surface area contributed by atoms with Crippen LogP contribution in [0.1, 0.15) is 17.3 Å². The first-order chi connectivity index (χ1) is 16.4. The second-order valence-corrected chi connectivity index (χ2v) is 7.50. The van der Waals surface area contributed by atoms with Gasteiger partial charge in [-0.05, 0) is 55.5 Å². The number of methoxy groups -OCH3 is 2. The van der Waals surface area contributed by atoms with Crippen LogP contribution in [0.4, 0.5) is 14.5 Å². The standard InChI is InChI=1S/C26H22F2N2O4/c1-4-29(19-12-16(27)11-17(28)13-19)26(32)23-15-30(18-5-7-20(33-2)8-6-18)24-14-21(34-3)9-10-22(24)25(23)31/h5-15H,4H2,1-3H3. The van der Waals surface area contributed by atoms with E-state index >= 15 is 0 Å². The van der Waals surface area contributed by atoms with Gasteiger partial charge in [-0.25, -0.2) is 8.78 Å². The summed E-state index contributed by atoms with van der Waals surface area (Å²) >= 11 is 0. The lowest BCUT2D eigenvalue weighted by Gasteiger charge is -2.22. The van der Waals surface area contributed by atoms with Crippen LogP contribution < -0.4 is 19.8 Å². The van der Waals surface area contributed by atoms with E-state index in [0.29, 0.717) is 28.1 Å². The van der Waals surface area contributed by atoms with Crippen LogP contribution in [-0.4, -0.2) is 31.2 Å². The number of hydrogen-bond donors (Lipinski definition) is 0. The molecule has 0 aliphatic carbocycles. The molecule has 0 saturated carbocycles. The Kier molecular flexibility index (Phi) is 6.32. The Morgan fingerprint density at radius 2 is 1.53 bits per heavy atom. The first-order valence-corrected chi connectivity index (χ1v) is 10.5. The average molecular weight is 464 g/mol. The van der Waals surface area contributed by atoms with Gasteiger partial charge >= 0.3 is 0 Å². The van der Waals surface area contributed by atoms with E-state index in [4.69, 9.17) is 9.47 Å². The molecule has 8 heteroatoms. The zero-order valence-electron chi connectivity index (χ0n) is 18.8. The zero-order valence-corrected chi connectivity index (χ0v) is 18.8. The summed E-state index contributed by atoms with van der Waals surface area (Å²) in [5.41, 5.74) is 0.594. The Hall–Kier alpha value is -4.20. The molecular formula is C26H22F2N2O4. The van der Waals surface area contributed by atoms with Crippen molar-refractivity contribution >= 4 is 22.5 Å². The highest BCUT2D eigenvalue weighted by atomic mass is 19.1. The number of pyridine rings is 1. The van der Waals surface area contributed by atoms with Crippen LogP contribution in [0.2, 0.25) is 0 Å². The molecule has 1 heterocycles. The summed E-state index contributed by atoms with van der Waals surface area (Å²) in [5, 5.41) is 0.295. The zero-order chi connectivity index (χ0) is 24.4. The van der Waals surface area contributed by atoms with Crippen LogP contribution in [0, 0.1) is 11.6 Å². The Morgan fingerprint density at radius 3 is 2.12 bits per heavy atom. The van der Waals surface area contributed by atoms with Gasteiger partial charge in [0, 0.05) is 41.6 Å². The van der Waals surface area contributed by atoms with Crippen molar-refractivity contribution in [1.29, 1.82) is 0 Å². The highest BCUT2D eigenvalue weighted by Gasteiger charge is 2.23. The van der Waals surface area contributed by atoms with Gasteiger partial charge in [-0.3, -0.25) is 9.59 Å². The van der Waals surface area contributed by atoms with Crippen molar-refractivity contribution in [3.05, 3.63) is 94.3 Å². The van der Waals surface area contributed by atoms with E-state index in [9.17, 15) is 18.4 Å². The van der Waals surface area contributed by atoms with Crippen molar-refractivity contribution in [2.45, 2.75) is 6.92 Å². The molecule has 0 N–H and O–H groups in total. The van der Waals surface area contributed by atoms with E-state index in [2.05, 4.69) is 0 Å². The van der Waals surface area contributed by atoms with Gasteiger partial charge in [0.2, 0.25) is 5.43 Å². The Bertz CT molecular complexity index is 1410. The Labute approximate surface area is 194 Å². The second-order valence-electron chi connectivity index (χ2n) is 7.50. The topological polar surface area (TPSA) is 60.8 Å². The monoisotopic (exact) mass is 464 g/mol. The highest BCUT2D eigenvalue weighted by molar-refractivity contribution is 6.07. The molecule has 1 aromatic heterocycles. The van der Waals surface area contributed by atoms with E-state index in [-0.39, 0.29) is 17.8 Å². The van der Waals surface area contributed by atoms with Crippen LogP contribution >= 0.6 is 0 Å². The van der Waals surface area contributed by atoms with Gasteiger partial charge in [-0.2, -0.15) is 0 Å². The predicted molar refractivity (Wildman–Crippen MR) is 126 cm³/mol. The number of carbonyl (C=O) groups excluding carboxylic acids is 1. The average Bonchev–Trinajstić information content (AvgIpc) is 2.84. The largest absolute Gasteiger partial charge is 0.497 e. The molecule has 0 bridgehead atoms. The third-order valence-corrected chi connectivity index (χ3v) is 5.51. The normalized spacial score (nSPS) is 10.9. The molecule has 0 aliphatic rings. The molecule has 34 heavy (non-hydrogen) atoms. The lowest BCUT2D eigenvalue weighted by atomic mass is 10.1. The summed E-state index contributed by atoms with van der Waals surface area (Å²) in [4.78, 5) is 28.0. The lowest BCUT2D eigenvalue weighted by Crippen LogP contribution is -2.35. The first kappa shape index (κ1) is 23.0. The molecule has 0 radical (unpaired) electrons. The minimum atomic E-state index is -0.817. The number of aromatic nitrogens is 1. The van der Waals surface area contributed by atoms with Crippen LogP contribution in [0.15, 0.2) is 71.7 Å². The fourth-order valence-electron chi connectivity index (χ4n) is 3.82. The van der Waals surface area contributed by atoms with Gasteiger partial charge in [0.1, 0.15) is 28.7 Å². The van der Waals surface area contributed by atoms with Crippen LogP contribution in [0.5, 0.6) is 11.5 Å². The smallest absolute Gasteiger partial charge is 0.263 e. The van der Waals surface area contributed by atoms with Crippen molar-refractivity contribution in [2.24, 2.45) is 0 Å². The van der Waals surface area contributed by atoms with Gasteiger partial charge < -0.3 is 18.9 Å². The number of hydrogen-bond acceptors (Lipinski definition) is 4. The molecule has 0 aliphatic heterocycles. The quantitative estimate of drug-likeness (QED) is 0.405. The van der Waals surface area contributed by atoms with Crippen molar-refractivity contribution in [3.8, 4) is 17.2 Å². The molecule has 4 aromatic rings. The van der Waals surface area contributed by atoms with Crippen molar-refractivity contribution in [2.75, 3.05) is 25.7 Å². The second kappa shape index (κ2) is 9.35. The van der Waals surface area contributed by atoms with Gasteiger partial charge in [0.25, 0.3) is 5.91 Å². The summed E-state index contributed by atoms with van der Waals surface area (Å²) in [6, 6.07) is 14.9. The first-order valence-electron chi connectivity index (χ1n) is 10.5. The number of ether oxygens (including phenoxy) is 2. The van der Waals surface area contributed by atoms with Crippen molar-refractivity contribution < 1.29 is 23.0 Å². The third kappa shape index (κ3) is 4.22. The molecule has 0 spiro atoms. The molecule has 4 rings (SSSR count). The molecule has 0 fully saturated rings. The minimum absolute atomic E-state index is 0.0234. The van der Waals surface area contributed by atoms with Crippen LogP contribution in [0.3, 0.4) is 0 Å². The Morgan fingerprint density at radius 1 is 0.912 bits per heavy atom. The lowest BCUT2D eigenvalue weighted by molar-refractivity contribution is 0.0987. The number of fused-ring (bicyclic) bond motifs is 1. The van der Waals surface area contributed by atoms with Gasteiger partial charge in [-0.1, -0.05) is 0 Å². The maximum atomic E-state index is 13.8. The predicted octanol–water partition coefficient (Wildman–Crippen LogP) is 4.95. The summed E-state index contributed by atoms with van der Waals surface area (Å²) in [6.07, 6.45) is 1.44. The molecular weight excluding hydrogens is 442 g/mol. The fraction of sp³-hybridized carbons (Fsp3) is 0.154. The summed E-state index contributed by atoms with van der Waals surface area (Å²) in [5.74, 6) is -1.12. The van der Waals surface area contributed by atoms with E-state index in [1.165, 1.54) is 13.3 Å². The molecule has 0 unspecified atom stereocenters. The van der Waals surface area contributed by atoms with Crippen molar-refractivity contribution in [1.82, 2.24) is 4.57 Å². The SMILES string of the molecule is CCN(C(=O)c1cn(-c2ccc(OC)cc2)c2cc(OC)ccc2c1=O)c1cc(F)cc(F)c1. The summed E-state index contributed by atoms with van der Waals surface area (Å²) in [6.45, 7) is 1.76. The minimum Gasteiger partial charge on any atom is -0.497 e. The number of benzene rings is 3. The number of halogens is 2. The van der Waals surface area contributed by atoms with Gasteiger partial charge in [-0.15, -0.1) is 0 Å².